The average Bonchev–Trinajstić information content (AvgIpc) is 2.53. The molecule has 0 aliphatic carbocycles. The number of nitrogens with one attached hydrogen (secondary N) is 1. The van der Waals surface area contributed by atoms with E-state index in [1.165, 1.54) is 30.2 Å². The van der Waals surface area contributed by atoms with Crippen molar-refractivity contribution in [2.45, 2.75) is 19.0 Å². The zero-order valence-electron chi connectivity index (χ0n) is 12.5. The summed E-state index contributed by atoms with van der Waals surface area (Å²) in [6.07, 6.45) is -3.99. The third-order valence-electron chi connectivity index (χ3n) is 3.72. The molecule has 1 aromatic carbocycles. The minimum atomic E-state index is -4.55. The lowest BCUT2D eigenvalue weighted by molar-refractivity contribution is -0.137. The Morgan fingerprint density at radius 1 is 1.30 bits per heavy atom. The zero-order valence-corrected chi connectivity index (χ0v) is 12.5. The summed E-state index contributed by atoms with van der Waals surface area (Å²) in [4.78, 5) is 25.1. The van der Waals surface area contributed by atoms with Gasteiger partial charge in [-0.15, -0.1) is 0 Å². The van der Waals surface area contributed by atoms with Crippen LogP contribution in [-0.4, -0.2) is 37.1 Å². The number of amides is 2. The van der Waals surface area contributed by atoms with Gasteiger partial charge in [0.25, 0.3) is 0 Å². The molecular weight excluding hydrogens is 313 g/mol. The number of nitrogens with zero attached hydrogens (tertiary/aromatic N) is 1. The number of likely N-dealkylation sites (tertiary alicyclic amines) is 1. The molecule has 1 aliphatic heterocycles. The SMILES string of the molecule is COC(=O)N1CCCC(C(=O)Nc2ccccc2C(F)(F)F)C1. The molecule has 23 heavy (non-hydrogen) atoms. The predicted molar refractivity (Wildman–Crippen MR) is 76.8 cm³/mol. The number of ether oxygens (including phenoxy) is 1. The fraction of sp³-hybridized carbons (Fsp3) is 0.467. The van der Waals surface area contributed by atoms with Gasteiger partial charge in [-0.25, -0.2) is 4.79 Å². The Hall–Kier alpha value is -2.25. The lowest BCUT2D eigenvalue weighted by Crippen LogP contribution is -2.43. The molecule has 0 saturated carbocycles. The second-order valence-corrected chi connectivity index (χ2v) is 5.29. The Bertz CT molecular complexity index is 590. The van der Waals surface area contributed by atoms with E-state index in [2.05, 4.69) is 10.1 Å². The summed E-state index contributed by atoms with van der Waals surface area (Å²) >= 11 is 0. The molecule has 1 unspecified atom stereocenters. The predicted octanol–water partition coefficient (Wildman–Crippen LogP) is 3.12. The third kappa shape index (κ3) is 4.14. The van der Waals surface area contributed by atoms with Gasteiger partial charge in [0.05, 0.1) is 24.3 Å². The van der Waals surface area contributed by atoms with E-state index in [4.69, 9.17) is 0 Å². The molecule has 0 radical (unpaired) electrons. The molecule has 1 N–H and O–H groups in total. The molecule has 2 amide bonds. The molecule has 1 fully saturated rings. The Morgan fingerprint density at radius 2 is 2.00 bits per heavy atom. The molecular formula is C15H17F3N2O3. The fourth-order valence-electron chi connectivity index (χ4n) is 2.56. The molecule has 0 bridgehead atoms. The minimum absolute atomic E-state index is 0.132. The summed E-state index contributed by atoms with van der Waals surface area (Å²) in [5.74, 6) is -1.10. The molecule has 1 atom stereocenters. The van der Waals surface area contributed by atoms with Crippen LogP contribution in [-0.2, 0) is 15.7 Å². The van der Waals surface area contributed by atoms with Gasteiger partial charge in [-0.3, -0.25) is 4.79 Å². The van der Waals surface area contributed by atoms with Crippen molar-refractivity contribution >= 4 is 17.7 Å². The maximum absolute atomic E-state index is 12.9. The van der Waals surface area contributed by atoms with Gasteiger partial charge in [-0.1, -0.05) is 12.1 Å². The second-order valence-electron chi connectivity index (χ2n) is 5.29. The summed E-state index contributed by atoms with van der Waals surface area (Å²) in [5, 5.41) is 2.33. The lowest BCUT2D eigenvalue weighted by Gasteiger charge is -2.31. The van der Waals surface area contributed by atoms with E-state index in [-0.39, 0.29) is 12.2 Å². The van der Waals surface area contributed by atoms with Gasteiger partial charge in [0.2, 0.25) is 5.91 Å². The minimum Gasteiger partial charge on any atom is -0.453 e. The molecule has 1 aromatic rings. The number of benzene rings is 1. The van der Waals surface area contributed by atoms with Crippen molar-refractivity contribution in [2.75, 3.05) is 25.5 Å². The first-order valence-electron chi connectivity index (χ1n) is 7.13. The fourth-order valence-corrected chi connectivity index (χ4v) is 2.56. The van der Waals surface area contributed by atoms with Gasteiger partial charge in [-0.2, -0.15) is 13.2 Å². The molecule has 0 aromatic heterocycles. The van der Waals surface area contributed by atoms with Crippen LogP contribution in [0.5, 0.6) is 0 Å². The van der Waals surface area contributed by atoms with Gasteiger partial charge < -0.3 is 15.0 Å². The largest absolute Gasteiger partial charge is 0.453 e. The first kappa shape index (κ1) is 17.1. The normalized spacial score (nSPS) is 18.4. The van der Waals surface area contributed by atoms with Crippen LogP contribution in [0.15, 0.2) is 24.3 Å². The summed E-state index contributed by atoms with van der Waals surface area (Å²) in [6, 6.07) is 4.81. The molecule has 8 heteroatoms. The first-order chi connectivity index (χ1) is 10.8. The van der Waals surface area contributed by atoms with Crippen LogP contribution < -0.4 is 5.32 Å². The van der Waals surface area contributed by atoms with Crippen molar-refractivity contribution in [1.29, 1.82) is 0 Å². The van der Waals surface area contributed by atoms with Gasteiger partial charge in [0, 0.05) is 13.1 Å². The van der Waals surface area contributed by atoms with Crippen molar-refractivity contribution < 1.29 is 27.5 Å². The van der Waals surface area contributed by atoms with Crippen LogP contribution >= 0.6 is 0 Å². The third-order valence-corrected chi connectivity index (χ3v) is 3.72. The quantitative estimate of drug-likeness (QED) is 0.906. The van der Waals surface area contributed by atoms with Crippen LogP contribution in [0.3, 0.4) is 0 Å². The highest BCUT2D eigenvalue weighted by Crippen LogP contribution is 2.35. The number of rotatable bonds is 2. The Morgan fingerprint density at radius 3 is 2.65 bits per heavy atom. The number of halogens is 3. The summed E-state index contributed by atoms with van der Waals surface area (Å²) in [6.45, 7) is 0.599. The molecule has 5 nitrogen and oxygen atoms in total. The average molecular weight is 330 g/mol. The Balaban J connectivity index is 2.09. The van der Waals surface area contributed by atoms with Crippen LogP contribution in [0, 0.1) is 5.92 Å². The number of methoxy groups -OCH3 is 1. The van der Waals surface area contributed by atoms with Crippen molar-refractivity contribution in [1.82, 2.24) is 4.90 Å². The number of hydrogen-bond donors (Lipinski definition) is 1. The number of para-hydroxylation sites is 1. The zero-order chi connectivity index (χ0) is 17.0. The maximum Gasteiger partial charge on any atom is 0.418 e. The number of anilines is 1. The van der Waals surface area contributed by atoms with Gasteiger partial charge in [0.1, 0.15) is 0 Å². The van der Waals surface area contributed by atoms with E-state index in [0.29, 0.717) is 19.4 Å². The van der Waals surface area contributed by atoms with Crippen molar-refractivity contribution in [3.63, 3.8) is 0 Å². The van der Waals surface area contributed by atoms with Gasteiger partial charge in [0.15, 0.2) is 0 Å². The highest BCUT2D eigenvalue weighted by atomic mass is 19.4. The molecule has 1 heterocycles. The van der Waals surface area contributed by atoms with Crippen molar-refractivity contribution in [3.05, 3.63) is 29.8 Å². The van der Waals surface area contributed by atoms with Gasteiger partial charge in [-0.05, 0) is 25.0 Å². The monoisotopic (exact) mass is 330 g/mol. The van der Waals surface area contributed by atoms with Gasteiger partial charge >= 0.3 is 12.3 Å². The van der Waals surface area contributed by atoms with E-state index < -0.39 is 29.7 Å². The smallest absolute Gasteiger partial charge is 0.418 e. The lowest BCUT2D eigenvalue weighted by atomic mass is 9.97. The van der Waals surface area contributed by atoms with Crippen molar-refractivity contribution in [3.8, 4) is 0 Å². The summed E-state index contributed by atoms with van der Waals surface area (Å²) in [7, 11) is 1.24. The number of hydrogen-bond acceptors (Lipinski definition) is 3. The van der Waals surface area contributed by atoms with E-state index in [9.17, 15) is 22.8 Å². The van der Waals surface area contributed by atoms with Crippen LogP contribution in [0.4, 0.5) is 23.7 Å². The second kappa shape index (κ2) is 6.89. The number of alkyl halides is 3. The summed E-state index contributed by atoms with van der Waals surface area (Å²) < 4.78 is 43.4. The first-order valence-corrected chi connectivity index (χ1v) is 7.13. The Kier molecular flexibility index (Phi) is 5.12. The Labute approximate surface area is 131 Å². The van der Waals surface area contributed by atoms with E-state index >= 15 is 0 Å². The van der Waals surface area contributed by atoms with E-state index in [0.717, 1.165) is 6.07 Å². The highest BCUT2D eigenvalue weighted by Gasteiger charge is 2.35. The number of carbonyl (C=O) groups excluding carboxylic acids is 2. The molecule has 1 saturated heterocycles. The highest BCUT2D eigenvalue weighted by molar-refractivity contribution is 5.93. The topological polar surface area (TPSA) is 58.6 Å². The number of piperidine rings is 1. The summed E-state index contributed by atoms with van der Waals surface area (Å²) in [5.41, 5.74) is -1.17. The van der Waals surface area contributed by atoms with Crippen molar-refractivity contribution in [2.24, 2.45) is 5.92 Å². The van der Waals surface area contributed by atoms with E-state index in [1.54, 1.807) is 0 Å². The maximum atomic E-state index is 12.9. The molecule has 1 aliphatic rings. The molecule has 126 valence electrons. The van der Waals surface area contributed by atoms with E-state index in [1.807, 2.05) is 0 Å². The standard InChI is InChI=1S/C15H17F3N2O3/c1-23-14(22)20-8-4-5-10(9-20)13(21)19-12-7-3-2-6-11(12)15(16,17)18/h2-3,6-7,10H,4-5,8-9H2,1H3,(H,19,21). The molecule has 2 rings (SSSR count). The van der Waals surface area contributed by atoms with Crippen LogP contribution in [0.25, 0.3) is 0 Å². The van der Waals surface area contributed by atoms with Crippen LogP contribution in [0.1, 0.15) is 18.4 Å². The van der Waals surface area contributed by atoms with Crippen LogP contribution in [0.2, 0.25) is 0 Å². The number of carbonyl (C=O) groups is 2. The molecule has 0 spiro atoms.